The molecule has 0 saturated carbocycles. The Morgan fingerprint density at radius 3 is 2.35 bits per heavy atom. The molecule has 1 aromatic rings. The molecule has 144 valence electrons. The minimum Gasteiger partial charge on any atom is -0.494 e. The van der Waals surface area contributed by atoms with Crippen LogP contribution in [-0.2, 0) is 14.3 Å². The fraction of sp³-hybridized carbons (Fsp3) is 0.500. The molecule has 0 atom stereocenters. The maximum absolute atomic E-state index is 12.5. The number of hydrogen-bond donors (Lipinski definition) is 0. The van der Waals surface area contributed by atoms with Crippen molar-refractivity contribution in [1.29, 1.82) is 0 Å². The van der Waals surface area contributed by atoms with Gasteiger partial charge in [-0.05, 0) is 57.8 Å². The van der Waals surface area contributed by atoms with Gasteiger partial charge in [0.2, 0.25) is 5.91 Å². The van der Waals surface area contributed by atoms with Crippen LogP contribution in [0.25, 0.3) is 6.08 Å². The van der Waals surface area contributed by atoms with Crippen LogP contribution < -0.4 is 4.74 Å². The quantitative estimate of drug-likeness (QED) is 0.447. The van der Waals surface area contributed by atoms with Crippen molar-refractivity contribution >= 4 is 18.0 Å². The predicted molar refractivity (Wildman–Crippen MR) is 103 cm³/mol. The molecule has 0 N–H and O–H groups in total. The monoisotopic (exact) mass is 362 g/mol. The molecule has 1 rings (SSSR count). The third-order valence-electron chi connectivity index (χ3n) is 3.77. The summed E-state index contributed by atoms with van der Waals surface area (Å²) in [6.45, 7) is 4.39. The van der Waals surface area contributed by atoms with Crippen molar-refractivity contribution in [2.45, 2.75) is 19.8 Å². The Balaban J connectivity index is 2.67. The lowest BCUT2D eigenvalue weighted by atomic mass is 10.2. The van der Waals surface area contributed by atoms with Gasteiger partial charge >= 0.3 is 5.97 Å². The Kier molecular flexibility index (Phi) is 10.1. The zero-order valence-electron chi connectivity index (χ0n) is 16.2. The normalized spacial score (nSPS) is 11.0. The van der Waals surface area contributed by atoms with E-state index in [0.717, 1.165) is 24.3 Å². The summed E-state index contributed by atoms with van der Waals surface area (Å²) < 4.78 is 10.1. The summed E-state index contributed by atoms with van der Waals surface area (Å²) in [7, 11) is 5.34. The molecule has 0 fully saturated rings. The van der Waals surface area contributed by atoms with Gasteiger partial charge in [-0.1, -0.05) is 12.1 Å². The zero-order valence-corrected chi connectivity index (χ0v) is 16.2. The highest BCUT2D eigenvalue weighted by Gasteiger charge is 2.13. The van der Waals surface area contributed by atoms with E-state index in [-0.39, 0.29) is 18.3 Å². The van der Waals surface area contributed by atoms with Gasteiger partial charge in [0.05, 0.1) is 20.1 Å². The number of rotatable bonds is 11. The number of carbonyl (C=O) groups excluding carboxylic acids is 2. The number of carbonyl (C=O) groups is 2. The van der Waals surface area contributed by atoms with Gasteiger partial charge in [-0.2, -0.15) is 0 Å². The van der Waals surface area contributed by atoms with Crippen molar-refractivity contribution in [2.24, 2.45) is 0 Å². The van der Waals surface area contributed by atoms with Crippen LogP contribution in [0.3, 0.4) is 0 Å². The lowest BCUT2D eigenvalue weighted by Crippen LogP contribution is -2.34. The molecule has 0 radical (unpaired) electrons. The molecule has 0 unspecified atom stereocenters. The predicted octanol–water partition coefficient (Wildman–Crippen LogP) is 2.44. The van der Waals surface area contributed by atoms with Crippen LogP contribution in [0.4, 0.5) is 0 Å². The fourth-order valence-corrected chi connectivity index (χ4v) is 2.35. The van der Waals surface area contributed by atoms with Crippen LogP contribution in [0.1, 0.15) is 25.3 Å². The van der Waals surface area contributed by atoms with Gasteiger partial charge < -0.3 is 19.3 Å². The molecular weight excluding hydrogens is 332 g/mol. The third kappa shape index (κ3) is 8.67. The van der Waals surface area contributed by atoms with E-state index in [1.54, 1.807) is 17.1 Å². The van der Waals surface area contributed by atoms with Gasteiger partial charge in [-0.25, -0.2) is 0 Å². The molecule has 1 amide bonds. The number of amides is 1. The lowest BCUT2D eigenvalue weighted by molar-refractivity contribution is -0.141. The summed E-state index contributed by atoms with van der Waals surface area (Å²) in [6.07, 6.45) is 4.36. The van der Waals surface area contributed by atoms with E-state index in [4.69, 9.17) is 4.74 Å². The van der Waals surface area contributed by atoms with Crippen molar-refractivity contribution in [3.8, 4) is 5.75 Å². The number of nitrogens with zero attached hydrogens (tertiary/aromatic N) is 2. The zero-order chi connectivity index (χ0) is 19.4. The Hall–Kier alpha value is -2.34. The molecular formula is C20H30N2O4. The van der Waals surface area contributed by atoms with E-state index in [2.05, 4.69) is 9.64 Å². The van der Waals surface area contributed by atoms with Gasteiger partial charge in [-0.15, -0.1) is 0 Å². The first kappa shape index (κ1) is 21.7. The number of hydrogen-bond acceptors (Lipinski definition) is 5. The molecule has 0 aliphatic heterocycles. The summed E-state index contributed by atoms with van der Waals surface area (Å²) >= 11 is 0. The van der Waals surface area contributed by atoms with Crippen molar-refractivity contribution < 1.29 is 19.1 Å². The molecule has 0 aliphatic rings. The van der Waals surface area contributed by atoms with Gasteiger partial charge in [0.15, 0.2) is 0 Å². The highest BCUT2D eigenvalue weighted by atomic mass is 16.5. The molecule has 0 heterocycles. The molecule has 26 heavy (non-hydrogen) atoms. The van der Waals surface area contributed by atoms with Crippen molar-refractivity contribution in [2.75, 3.05) is 47.4 Å². The van der Waals surface area contributed by atoms with Gasteiger partial charge in [0.25, 0.3) is 0 Å². The number of benzene rings is 1. The summed E-state index contributed by atoms with van der Waals surface area (Å²) in [4.78, 5) is 27.7. The topological polar surface area (TPSA) is 59.1 Å². The van der Waals surface area contributed by atoms with E-state index < -0.39 is 0 Å². The summed E-state index contributed by atoms with van der Waals surface area (Å²) in [5.41, 5.74) is 0.919. The van der Waals surface area contributed by atoms with E-state index in [1.165, 1.54) is 7.11 Å². The SMILES string of the molecule is CCOc1ccc(/C=C/C(=O)N(CCCN(C)C)CCC(=O)OC)cc1. The van der Waals surface area contributed by atoms with E-state index >= 15 is 0 Å². The Labute approximate surface area is 156 Å². The van der Waals surface area contributed by atoms with Gasteiger partial charge in [0, 0.05) is 19.2 Å². The van der Waals surface area contributed by atoms with Crippen LogP contribution in [-0.4, -0.2) is 69.1 Å². The highest BCUT2D eigenvalue weighted by molar-refractivity contribution is 5.92. The first-order valence-corrected chi connectivity index (χ1v) is 8.87. The van der Waals surface area contributed by atoms with Crippen LogP contribution in [0, 0.1) is 0 Å². The first-order chi connectivity index (χ1) is 12.5. The Bertz CT molecular complexity index is 582. The van der Waals surface area contributed by atoms with Crippen LogP contribution >= 0.6 is 0 Å². The Morgan fingerprint density at radius 1 is 1.08 bits per heavy atom. The van der Waals surface area contributed by atoms with E-state index in [9.17, 15) is 9.59 Å². The average Bonchev–Trinajstić information content (AvgIpc) is 2.63. The maximum Gasteiger partial charge on any atom is 0.307 e. The highest BCUT2D eigenvalue weighted by Crippen LogP contribution is 2.13. The first-order valence-electron chi connectivity index (χ1n) is 8.87. The van der Waals surface area contributed by atoms with E-state index in [1.807, 2.05) is 45.3 Å². The van der Waals surface area contributed by atoms with Gasteiger partial charge in [0.1, 0.15) is 5.75 Å². The molecule has 6 nitrogen and oxygen atoms in total. The average molecular weight is 362 g/mol. The lowest BCUT2D eigenvalue weighted by Gasteiger charge is -2.21. The summed E-state index contributed by atoms with van der Waals surface area (Å²) in [6, 6.07) is 7.55. The molecule has 0 aromatic heterocycles. The minimum atomic E-state index is -0.314. The smallest absolute Gasteiger partial charge is 0.307 e. The minimum absolute atomic E-state index is 0.110. The summed E-state index contributed by atoms with van der Waals surface area (Å²) in [5.74, 6) is 0.381. The fourth-order valence-electron chi connectivity index (χ4n) is 2.35. The second-order valence-corrected chi connectivity index (χ2v) is 6.14. The van der Waals surface area contributed by atoms with Gasteiger partial charge in [-0.3, -0.25) is 9.59 Å². The number of ether oxygens (including phenoxy) is 2. The molecule has 0 aliphatic carbocycles. The molecule has 6 heteroatoms. The van der Waals surface area contributed by atoms with Crippen LogP contribution in [0.2, 0.25) is 0 Å². The second-order valence-electron chi connectivity index (χ2n) is 6.14. The molecule has 1 aromatic carbocycles. The van der Waals surface area contributed by atoms with E-state index in [0.29, 0.717) is 19.7 Å². The second kappa shape index (κ2) is 12.1. The molecule has 0 bridgehead atoms. The summed E-state index contributed by atoms with van der Waals surface area (Å²) in [5, 5.41) is 0. The molecule has 0 spiro atoms. The largest absolute Gasteiger partial charge is 0.494 e. The van der Waals surface area contributed by atoms with Crippen LogP contribution in [0.15, 0.2) is 30.3 Å². The standard InChI is InChI=1S/C20H30N2O4/c1-5-26-18-10-7-17(8-11-18)9-12-19(23)22(15-6-14-21(2)3)16-13-20(24)25-4/h7-12H,5-6,13-16H2,1-4H3/b12-9+. The number of esters is 1. The number of methoxy groups -OCH3 is 1. The van der Waals surface area contributed by atoms with Crippen molar-refractivity contribution in [1.82, 2.24) is 9.80 Å². The molecule has 0 saturated heterocycles. The van der Waals surface area contributed by atoms with Crippen molar-refractivity contribution in [3.05, 3.63) is 35.9 Å². The van der Waals surface area contributed by atoms with Crippen molar-refractivity contribution in [3.63, 3.8) is 0 Å². The van der Waals surface area contributed by atoms with Crippen LogP contribution in [0.5, 0.6) is 5.75 Å². The third-order valence-corrected chi connectivity index (χ3v) is 3.77. The Morgan fingerprint density at radius 2 is 1.77 bits per heavy atom. The maximum atomic E-state index is 12.5.